The molecule has 0 radical (unpaired) electrons. The summed E-state index contributed by atoms with van der Waals surface area (Å²) in [7, 11) is 0. The first-order valence-electron chi connectivity index (χ1n) is 4.01. The monoisotopic (exact) mass is 208 g/mol. The SMILES string of the molecule is O=CO[C@@H]1O[C@H](CO)[C@@H](O)C(O)[C@H]1O. The summed E-state index contributed by atoms with van der Waals surface area (Å²) in [6.07, 6.45) is -6.92. The van der Waals surface area contributed by atoms with Crippen molar-refractivity contribution in [1.82, 2.24) is 0 Å². The summed E-state index contributed by atoms with van der Waals surface area (Å²) < 4.78 is 9.12. The van der Waals surface area contributed by atoms with Crippen LogP contribution in [0.15, 0.2) is 0 Å². The summed E-state index contributed by atoms with van der Waals surface area (Å²) in [5.74, 6) is 0. The third-order valence-electron chi connectivity index (χ3n) is 2.04. The van der Waals surface area contributed by atoms with Crippen molar-refractivity contribution in [1.29, 1.82) is 0 Å². The molecule has 1 aliphatic rings. The first-order valence-corrected chi connectivity index (χ1v) is 4.01. The van der Waals surface area contributed by atoms with Crippen LogP contribution in [0, 0.1) is 0 Å². The molecule has 1 aliphatic heterocycles. The first kappa shape index (κ1) is 11.3. The predicted molar refractivity (Wildman–Crippen MR) is 40.9 cm³/mol. The molecular weight excluding hydrogens is 196 g/mol. The second kappa shape index (κ2) is 4.67. The minimum absolute atomic E-state index is 0.0484. The van der Waals surface area contributed by atoms with Gasteiger partial charge in [-0.1, -0.05) is 0 Å². The minimum atomic E-state index is -1.53. The van der Waals surface area contributed by atoms with Gasteiger partial charge in [0.2, 0.25) is 6.29 Å². The molecule has 0 spiro atoms. The lowest BCUT2D eigenvalue weighted by Gasteiger charge is -2.38. The zero-order chi connectivity index (χ0) is 10.7. The number of ether oxygens (including phenoxy) is 2. The van der Waals surface area contributed by atoms with Crippen molar-refractivity contribution in [3.05, 3.63) is 0 Å². The number of aliphatic hydroxyl groups is 4. The van der Waals surface area contributed by atoms with E-state index in [2.05, 4.69) is 4.74 Å². The highest BCUT2D eigenvalue weighted by Gasteiger charge is 2.44. The zero-order valence-electron chi connectivity index (χ0n) is 7.18. The maximum absolute atomic E-state index is 9.98. The van der Waals surface area contributed by atoms with E-state index in [1.165, 1.54) is 0 Å². The molecule has 5 atom stereocenters. The van der Waals surface area contributed by atoms with Crippen LogP contribution in [0.25, 0.3) is 0 Å². The lowest BCUT2D eigenvalue weighted by molar-refractivity contribution is -0.288. The lowest BCUT2D eigenvalue weighted by Crippen LogP contribution is -2.59. The maximum atomic E-state index is 9.98. The van der Waals surface area contributed by atoms with E-state index < -0.39 is 37.3 Å². The number of aliphatic hydroxyl groups excluding tert-OH is 4. The molecule has 0 aromatic heterocycles. The van der Waals surface area contributed by atoms with Gasteiger partial charge in [0.25, 0.3) is 6.47 Å². The predicted octanol–water partition coefficient (Wildman–Crippen LogP) is -3.04. The average Bonchev–Trinajstić information content (AvgIpc) is 2.19. The standard InChI is InChI=1S/C7H12O7/c8-1-3-4(10)5(11)6(12)7(14-3)13-2-9/h2-8,10-12H,1H2/t3-,4-,5?,6-,7-/m1/s1. The Kier molecular flexibility index (Phi) is 3.78. The minimum Gasteiger partial charge on any atom is -0.435 e. The topological polar surface area (TPSA) is 116 Å². The molecule has 4 N–H and O–H groups in total. The molecule has 1 saturated heterocycles. The summed E-state index contributed by atoms with van der Waals surface area (Å²) in [6.45, 7) is -0.504. The van der Waals surface area contributed by atoms with Crippen molar-refractivity contribution >= 4 is 6.47 Å². The van der Waals surface area contributed by atoms with Crippen LogP contribution in [-0.2, 0) is 14.3 Å². The van der Waals surface area contributed by atoms with E-state index in [4.69, 9.17) is 9.84 Å². The van der Waals surface area contributed by atoms with Gasteiger partial charge >= 0.3 is 0 Å². The Morgan fingerprint density at radius 3 is 2.36 bits per heavy atom. The van der Waals surface area contributed by atoms with E-state index in [-0.39, 0.29) is 6.47 Å². The van der Waals surface area contributed by atoms with Gasteiger partial charge in [0.1, 0.15) is 24.4 Å². The molecule has 0 aromatic carbocycles. The van der Waals surface area contributed by atoms with Crippen molar-refractivity contribution in [2.45, 2.75) is 30.7 Å². The molecule has 0 aliphatic carbocycles. The molecule has 7 heteroatoms. The Morgan fingerprint density at radius 1 is 1.21 bits per heavy atom. The van der Waals surface area contributed by atoms with Gasteiger partial charge in [-0.3, -0.25) is 4.79 Å². The van der Waals surface area contributed by atoms with Gasteiger partial charge < -0.3 is 29.9 Å². The Hall–Kier alpha value is -0.730. The Bertz CT molecular complexity index is 194. The van der Waals surface area contributed by atoms with Crippen LogP contribution in [0.1, 0.15) is 0 Å². The summed E-state index contributed by atoms with van der Waals surface area (Å²) in [5.41, 5.74) is 0. The van der Waals surface area contributed by atoms with Crippen LogP contribution in [0.2, 0.25) is 0 Å². The Balaban J connectivity index is 2.67. The Labute approximate surface area is 79.5 Å². The first-order chi connectivity index (χ1) is 6.61. The van der Waals surface area contributed by atoms with Gasteiger partial charge in [-0.25, -0.2) is 0 Å². The summed E-state index contributed by atoms with van der Waals surface area (Å²) in [5, 5.41) is 36.5. The Morgan fingerprint density at radius 2 is 1.86 bits per heavy atom. The number of carbonyl (C=O) groups is 1. The number of hydrogen-bond donors (Lipinski definition) is 4. The fourth-order valence-electron chi connectivity index (χ4n) is 1.23. The van der Waals surface area contributed by atoms with E-state index >= 15 is 0 Å². The lowest BCUT2D eigenvalue weighted by atomic mass is 9.99. The molecule has 1 fully saturated rings. The van der Waals surface area contributed by atoms with Gasteiger partial charge in [0.15, 0.2) is 0 Å². The van der Waals surface area contributed by atoms with Gasteiger partial charge in [-0.15, -0.1) is 0 Å². The van der Waals surface area contributed by atoms with E-state index in [0.29, 0.717) is 0 Å². The normalized spacial score (nSPS) is 43.3. The van der Waals surface area contributed by atoms with Crippen LogP contribution in [0.4, 0.5) is 0 Å². The van der Waals surface area contributed by atoms with Gasteiger partial charge in [0, 0.05) is 0 Å². The molecule has 1 heterocycles. The van der Waals surface area contributed by atoms with E-state index in [9.17, 15) is 20.1 Å². The van der Waals surface area contributed by atoms with Crippen molar-refractivity contribution in [3.8, 4) is 0 Å². The smallest absolute Gasteiger partial charge is 0.295 e. The molecule has 0 saturated carbocycles. The van der Waals surface area contributed by atoms with E-state index in [1.807, 2.05) is 0 Å². The highest BCUT2D eigenvalue weighted by Crippen LogP contribution is 2.21. The highest BCUT2D eigenvalue weighted by molar-refractivity contribution is 5.37. The highest BCUT2D eigenvalue weighted by atomic mass is 16.7. The van der Waals surface area contributed by atoms with Crippen molar-refractivity contribution < 1.29 is 34.7 Å². The van der Waals surface area contributed by atoms with Gasteiger partial charge in [-0.2, -0.15) is 0 Å². The molecule has 1 unspecified atom stereocenters. The second-order valence-corrected chi connectivity index (χ2v) is 2.93. The molecule has 1 rings (SSSR count). The fourth-order valence-corrected chi connectivity index (χ4v) is 1.23. The average molecular weight is 208 g/mol. The second-order valence-electron chi connectivity index (χ2n) is 2.93. The van der Waals surface area contributed by atoms with Crippen LogP contribution < -0.4 is 0 Å². The summed E-state index contributed by atoms with van der Waals surface area (Å²) in [6, 6.07) is 0. The van der Waals surface area contributed by atoms with Crippen LogP contribution >= 0.6 is 0 Å². The van der Waals surface area contributed by atoms with Crippen molar-refractivity contribution in [3.63, 3.8) is 0 Å². The fraction of sp³-hybridized carbons (Fsp3) is 0.857. The van der Waals surface area contributed by atoms with Crippen LogP contribution in [0.5, 0.6) is 0 Å². The molecule has 0 bridgehead atoms. The summed E-state index contributed by atoms with van der Waals surface area (Å²) >= 11 is 0. The van der Waals surface area contributed by atoms with Gasteiger partial charge in [0.05, 0.1) is 6.61 Å². The van der Waals surface area contributed by atoms with E-state index in [0.717, 1.165) is 0 Å². The number of hydrogen-bond acceptors (Lipinski definition) is 7. The number of rotatable bonds is 3. The maximum Gasteiger partial charge on any atom is 0.295 e. The van der Waals surface area contributed by atoms with Gasteiger partial charge in [-0.05, 0) is 0 Å². The third-order valence-corrected chi connectivity index (χ3v) is 2.04. The van der Waals surface area contributed by atoms with E-state index in [1.54, 1.807) is 0 Å². The molecule has 14 heavy (non-hydrogen) atoms. The molecule has 82 valence electrons. The molecule has 7 nitrogen and oxygen atoms in total. The zero-order valence-corrected chi connectivity index (χ0v) is 7.18. The van der Waals surface area contributed by atoms with Crippen LogP contribution in [-0.4, -0.2) is 64.2 Å². The summed E-state index contributed by atoms with van der Waals surface area (Å²) in [4.78, 5) is 9.98. The largest absolute Gasteiger partial charge is 0.435 e. The third kappa shape index (κ3) is 2.02. The molecule has 0 aromatic rings. The quantitative estimate of drug-likeness (QED) is 0.364. The van der Waals surface area contributed by atoms with Crippen molar-refractivity contribution in [2.75, 3.05) is 6.61 Å². The van der Waals surface area contributed by atoms with Crippen LogP contribution in [0.3, 0.4) is 0 Å². The molecular formula is C7H12O7. The number of carbonyl (C=O) groups excluding carboxylic acids is 1. The van der Waals surface area contributed by atoms with Crippen molar-refractivity contribution in [2.24, 2.45) is 0 Å². The molecule has 0 amide bonds.